The van der Waals surface area contributed by atoms with E-state index >= 15 is 0 Å². The van der Waals surface area contributed by atoms with Crippen molar-refractivity contribution in [2.45, 2.75) is 19.8 Å². The van der Waals surface area contributed by atoms with Gasteiger partial charge in [-0.3, -0.25) is 4.68 Å². The topological polar surface area (TPSA) is 73.9 Å². The Kier molecular flexibility index (Phi) is 5.15. The number of anilines is 1. The van der Waals surface area contributed by atoms with Crippen molar-refractivity contribution in [2.24, 2.45) is 14.1 Å². The first-order valence-corrected chi connectivity index (χ1v) is 10.7. The molecule has 0 bridgehead atoms. The molecule has 8 nitrogen and oxygen atoms in total. The molecule has 0 spiro atoms. The molecule has 160 valence electrons. The lowest BCUT2D eigenvalue weighted by molar-refractivity contribution is 0.122. The summed E-state index contributed by atoms with van der Waals surface area (Å²) >= 11 is 0. The van der Waals surface area contributed by atoms with Crippen LogP contribution in [0.1, 0.15) is 17.3 Å². The molecule has 0 radical (unpaired) electrons. The van der Waals surface area contributed by atoms with Crippen LogP contribution in [0.25, 0.3) is 22.3 Å². The van der Waals surface area contributed by atoms with E-state index in [4.69, 9.17) is 19.7 Å². The molecule has 1 aliphatic rings. The zero-order valence-electron chi connectivity index (χ0n) is 18.2. The lowest BCUT2D eigenvalue weighted by Gasteiger charge is -2.28. The first-order valence-electron chi connectivity index (χ1n) is 10.7. The molecule has 0 aliphatic carbocycles. The van der Waals surface area contributed by atoms with Gasteiger partial charge < -0.3 is 14.2 Å². The van der Waals surface area contributed by atoms with Gasteiger partial charge >= 0.3 is 0 Å². The quantitative estimate of drug-likeness (QED) is 0.497. The molecule has 31 heavy (non-hydrogen) atoms. The minimum atomic E-state index is 0.718. The number of benzene rings is 1. The normalized spacial score (nSPS) is 14.5. The highest BCUT2D eigenvalue weighted by molar-refractivity contribution is 5.90. The lowest BCUT2D eigenvalue weighted by Crippen LogP contribution is -2.37. The maximum Gasteiger partial charge on any atom is 0.163 e. The smallest absolute Gasteiger partial charge is 0.163 e. The summed E-state index contributed by atoms with van der Waals surface area (Å²) in [5.41, 5.74) is 3.96. The summed E-state index contributed by atoms with van der Waals surface area (Å²) in [6.45, 7) is 5.12. The van der Waals surface area contributed by atoms with Crippen molar-refractivity contribution in [3.63, 3.8) is 0 Å². The molecule has 1 aromatic carbocycles. The highest BCUT2D eigenvalue weighted by Crippen LogP contribution is 2.28. The second-order valence-corrected chi connectivity index (χ2v) is 7.99. The first kappa shape index (κ1) is 19.7. The van der Waals surface area contributed by atoms with Crippen LogP contribution in [0, 0.1) is 6.92 Å². The average molecular weight is 418 g/mol. The van der Waals surface area contributed by atoms with Crippen LogP contribution in [0.3, 0.4) is 0 Å². The monoisotopic (exact) mass is 417 g/mol. The van der Waals surface area contributed by atoms with Gasteiger partial charge in [0.05, 0.1) is 30.0 Å². The molecule has 0 unspecified atom stereocenters. The Morgan fingerprint density at radius 3 is 2.52 bits per heavy atom. The Morgan fingerprint density at radius 1 is 0.968 bits per heavy atom. The highest BCUT2D eigenvalue weighted by Gasteiger charge is 2.21. The summed E-state index contributed by atoms with van der Waals surface area (Å²) in [6, 6.07) is 10.3. The molecule has 8 heteroatoms. The maximum atomic E-state index is 5.54. The molecule has 3 aromatic heterocycles. The fraction of sp³-hybridized carbons (Fsp3) is 0.391. The van der Waals surface area contributed by atoms with Gasteiger partial charge in [0.1, 0.15) is 17.5 Å². The average Bonchev–Trinajstić information content (AvgIpc) is 3.32. The summed E-state index contributed by atoms with van der Waals surface area (Å²) in [5.74, 6) is 2.82. The Morgan fingerprint density at radius 2 is 1.74 bits per heavy atom. The summed E-state index contributed by atoms with van der Waals surface area (Å²) in [5, 5.41) is 5.63. The molecule has 1 aliphatic heterocycles. The van der Waals surface area contributed by atoms with Gasteiger partial charge in [0.25, 0.3) is 0 Å². The maximum absolute atomic E-state index is 5.54. The zero-order valence-corrected chi connectivity index (χ0v) is 18.2. The number of morpholine rings is 1. The molecular formula is C23H27N7O. The van der Waals surface area contributed by atoms with Gasteiger partial charge in [0.2, 0.25) is 0 Å². The van der Waals surface area contributed by atoms with Crippen molar-refractivity contribution in [1.82, 2.24) is 29.3 Å². The van der Waals surface area contributed by atoms with E-state index in [0.717, 1.165) is 84.6 Å². The summed E-state index contributed by atoms with van der Waals surface area (Å²) in [4.78, 5) is 17.0. The van der Waals surface area contributed by atoms with E-state index in [9.17, 15) is 0 Å². The third kappa shape index (κ3) is 3.79. The number of fused-ring (bicyclic) bond motifs is 1. The molecular weight excluding hydrogens is 390 g/mol. The van der Waals surface area contributed by atoms with E-state index in [2.05, 4.69) is 32.9 Å². The van der Waals surface area contributed by atoms with Crippen molar-refractivity contribution in [2.75, 3.05) is 31.2 Å². The number of nitrogens with zero attached hydrogens (tertiary/aromatic N) is 7. The molecule has 0 amide bonds. The minimum Gasteiger partial charge on any atom is -0.378 e. The van der Waals surface area contributed by atoms with E-state index in [1.54, 1.807) is 0 Å². The molecule has 0 atom stereocenters. The molecule has 1 fully saturated rings. The van der Waals surface area contributed by atoms with Crippen molar-refractivity contribution in [3.05, 3.63) is 53.9 Å². The molecule has 0 N–H and O–H groups in total. The first-order chi connectivity index (χ1) is 15.1. The van der Waals surface area contributed by atoms with Gasteiger partial charge in [-0.15, -0.1) is 0 Å². The Hall–Kier alpha value is -3.26. The van der Waals surface area contributed by atoms with Gasteiger partial charge in [0.15, 0.2) is 5.65 Å². The number of rotatable bonds is 5. The molecule has 1 saturated heterocycles. The van der Waals surface area contributed by atoms with E-state index in [-0.39, 0.29) is 0 Å². The standard InChI is InChI=1S/C23H27N7O/c1-16-21-22(29(3)27-16)25-19(26-23(21)30-11-13-31-14-12-30)9-10-20-24-18(15-28(20)2)17-7-5-4-6-8-17/h4-8,15H,9-14H2,1-3H3. The van der Waals surface area contributed by atoms with Gasteiger partial charge in [-0.05, 0) is 6.92 Å². The third-order valence-electron chi connectivity index (χ3n) is 5.81. The van der Waals surface area contributed by atoms with Gasteiger partial charge in [0, 0.05) is 51.8 Å². The van der Waals surface area contributed by atoms with Crippen LogP contribution in [0.4, 0.5) is 5.82 Å². The molecule has 4 aromatic rings. The van der Waals surface area contributed by atoms with Crippen LogP contribution in [0.2, 0.25) is 0 Å². The largest absolute Gasteiger partial charge is 0.378 e. The molecule has 0 saturated carbocycles. The van der Waals surface area contributed by atoms with Crippen molar-refractivity contribution < 1.29 is 4.74 Å². The predicted octanol–water partition coefficient (Wildman–Crippen LogP) is 2.69. The predicted molar refractivity (Wildman–Crippen MR) is 120 cm³/mol. The minimum absolute atomic E-state index is 0.718. The molecule has 4 heterocycles. The zero-order chi connectivity index (χ0) is 21.4. The van der Waals surface area contributed by atoms with E-state index in [0.29, 0.717) is 0 Å². The van der Waals surface area contributed by atoms with Crippen molar-refractivity contribution >= 4 is 16.9 Å². The number of hydrogen-bond donors (Lipinski definition) is 0. The van der Waals surface area contributed by atoms with Crippen molar-refractivity contribution in [3.8, 4) is 11.3 Å². The fourth-order valence-corrected chi connectivity index (χ4v) is 4.19. The Labute approximate surface area is 181 Å². The third-order valence-corrected chi connectivity index (χ3v) is 5.81. The van der Waals surface area contributed by atoms with Gasteiger partial charge in [-0.1, -0.05) is 30.3 Å². The van der Waals surface area contributed by atoms with E-state index in [1.165, 1.54) is 0 Å². The number of hydrogen-bond acceptors (Lipinski definition) is 6. The van der Waals surface area contributed by atoms with Crippen LogP contribution in [0.15, 0.2) is 36.5 Å². The second-order valence-electron chi connectivity index (χ2n) is 7.99. The number of aromatic nitrogens is 6. The number of aryl methyl sites for hydroxylation is 5. The van der Waals surface area contributed by atoms with Crippen LogP contribution >= 0.6 is 0 Å². The highest BCUT2D eigenvalue weighted by atomic mass is 16.5. The number of ether oxygens (including phenoxy) is 1. The summed E-state index contributed by atoms with van der Waals surface area (Å²) in [6.07, 6.45) is 3.57. The number of imidazole rings is 1. The van der Waals surface area contributed by atoms with Crippen molar-refractivity contribution in [1.29, 1.82) is 0 Å². The Bertz CT molecular complexity index is 1210. The summed E-state index contributed by atoms with van der Waals surface area (Å²) < 4.78 is 9.49. The van der Waals surface area contributed by atoms with Crippen LogP contribution < -0.4 is 4.90 Å². The lowest BCUT2D eigenvalue weighted by atomic mass is 10.2. The van der Waals surface area contributed by atoms with Crippen LogP contribution in [-0.4, -0.2) is 55.6 Å². The summed E-state index contributed by atoms with van der Waals surface area (Å²) in [7, 11) is 3.99. The van der Waals surface area contributed by atoms with E-state index in [1.807, 2.05) is 43.9 Å². The second kappa shape index (κ2) is 8.11. The Balaban J connectivity index is 1.45. The molecule has 5 rings (SSSR count). The van der Waals surface area contributed by atoms with E-state index < -0.39 is 0 Å². The van der Waals surface area contributed by atoms with Gasteiger partial charge in [-0.2, -0.15) is 5.10 Å². The fourth-order valence-electron chi connectivity index (χ4n) is 4.19. The SMILES string of the molecule is Cc1nn(C)c2nc(CCc3nc(-c4ccccc4)cn3C)nc(N3CCOCC3)c12. The van der Waals surface area contributed by atoms with Crippen LogP contribution in [0.5, 0.6) is 0 Å². The van der Waals surface area contributed by atoms with Gasteiger partial charge in [-0.25, -0.2) is 15.0 Å². The van der Waals surface area contributed by atoms with Crippen LogP contribution in [-0.2, 0) is 31.7 Å².